The Kier molecular flexibility index (Phi) is 5.83. The number of rotatable bonds is 7. The van der Waals surface area contributed by atoms with E-state index in [0.717, 1.165) is 25.3 Å². The summed E-state index contributed by atoms with van der Waals surface area (Å²) in [6.45, 7) is 3.94. The van der Waals surface area contributed by atoms with Gasteiger partial charge in [-0.1, -0.05) is 6.92 Å². The lowest BCUT2D eigenvalue weighted by atomic mass is 10.3. The van der Waals surface area contributed by atoms with Crippen molar-refractivity contribution in [1.29, 1.82) is 0 Å². The summed E-state index contributed by atoms with van der Waals surface area (Å²) in [5, 5.41) is 12.8. The Hall–Kier alpha value is -0.450. The van der Waals surface area contributed by atoms with E-state index < -0.39 is 0 Å². The number of hydrogen-bond acceptors (Lipinski definition) is 4. The molecule has 0 fully saturated rings. The van der Waals surface area contributed by atoms with Crippen molar-refractivity contribution in [3.63, 3.8) is 0 Å². The molecular weight excluding hydrogens is 210 g/mol. The van der Waals surface area contributed by atoms with Crippen LogP contribution in [0.1, 0.15) is 24.9 Å². The van der Waals surface area contributed by atoms with Crippen molar-refractivity contribution >= 4 is 11.8 Å². The van der Waals surface area contributed by atoms with E-state index in [4.69, 9.17) is 9.52 Å². The normalized spacial score (nSPS) is 13.0. The summed E-state index contributed by atoms with van der Waals surface area (Å²) in [7, 11) is 0. The van der Waals surface area contributed by atoms with Gasteiger partial charge < -0.3 is 14.8 Å². The molecule has 0 aliphatic carbocycles. The third-order valence-corrected chi connectivity index (χ3v) is 3.34. The highest BCUT2D eigenvalue weighted by Gasteiger charge is 2.01. The lowest BCUT2D eigenvalue weighted by molar-refractivity contribution is 0.243. The number of aliphatic hydroxyl groups is 1. The molecule has 1 rings (SSSR count). The molecule has 0 aliphatic rings. The van der Waals surface area contributed by atoms with Crippen LogP contribution < -0.4 is 5.32 Å². The Bertz CT molecular complexity index is 275. The molecule has 0 bridgehead atoms. The third kappa shape index (κ3) is 4.73. The number of hydrogen-bond donors (Lipinski definition) is 2. The molecular formula is C11H19NO2S. The molecule has 1 atom stereocenters. The summed E-state index contributed by atoms with van der Waals surface area (Å²) >= 11 is 1.88. The predicted molar refractivity (Wildman–Crippen MR) is 63.9 cm³/mol. The molecule has 86 valence electrons. The molecule has 1 aromatic heterocycles. The SMILES string of the molecule is CSC(C)CCNCc1ccc(CO)o1. The van der Waals surface area contributed by atoms with Crippen LogP contribution >= 0.6 is 11.8 Å². The van der Waals surface area contributed by atoms with Crippen LogP contribution in [0.5, 0.6) is 0 Å². The first-order valence-electron chi connectivity index (χ1n) is 5.18. The maximum atomic E-state index is 8.81. The highest BCUT2D eigenvalue weighted by molar-refractivity contribution is 7.99. The third-order valence-electron chi connectivity index (χ3n) is 2.30. The van der Waals surface area contributed by atoms with Crippen LogP contribution in [-0.4, -0.2) is 23.2 Å². The van der Waals surface area contributed by atoms with Crippen molar-refractivity contribution in [2.75, 3.05) is 12.8 Å². The van der Waals surface area contributed by atoms with Crippen LogP contribution in [0, 0.1) is 0 Å². The Morgan fingerprint density at radius 2 is 2.20 bits per heavy atom. The topological polar surface area (TPSA) is 45.4 Å². The summed E-state index contributed by atoms with van der Waals surface area (Å²) < 4.78 is 5.35. The molecule has 3 nitrogen and oxygen atoms in total. The number of furan rings is 1. The van der Waals surface area contributed by atoms with Gasteiger partial charge in [0.15, 0.2) is 0 Å². The van der Waals surface area contributed by atoms with Crippen molar-refractivity contribution in [3.8, 4) is 0 Å². The molecule has 0 amide bonds. The average Bonchev–Trinajstić information content (AvgIpc) is 2.72. The fourth-order valence-electron chi connectivity index (χ4n) is 1.24. The highest BCUT2D eigenvalue weighted by atomic mass is 32.2. The van der Waals surface area contributed by atoms with E-state index in [-0.39, 0.29) is 6.61 Å². The van der Waals surface area contributed by atoms with E-state index in [9.17, 15) is 0 Å². The predicted octanol–water partition coefficient (Wildman–Crippen LogP) is 2.00. The molecule has 0 radical (unpaired) electrons. The maximum Gasteiger partial charge on any atom is 0.129 e. The van der Waals surface area contributed by atoms with E-state index >= 15 is 0 Å². The molecule has 0 aliphatic heterocycles. The first kappa shape index (κ1) is 12.6. The summed E-state index contributed by atoms with van der Waals surface area (Å²) in [6.07, 6.45) is 3.29. The standard InChI is InChI=1S/C11H19NO2S/c1-9(15-2)5-6-12-7-10-3-4-11(8-13)14-10/h3-4,9,12-13H,5-8H2,1-2H3. The Balaban J connectivity index is 2.14. The van der Waals surface area contributed by atoms with Crippen molar-refractivity contribution in [1.82, 2.24) is 5.32 Å². The van der Waals surface area contributed by atoms with Crippen molar-refractivity contribution in [2.45, 2.75) is 31.7 Å². The smallest absolute Gasteiger partial charge is 0.129 e. The van der Waals surface area contributed by atoms with E-state index in [1.807, 2.05) is 23.9 Å². The quantitative estimate of drug-likeness (QED) is 0.702. The molecule has 15 heavy (non-hydrogen) atoms. The van der Waals surface area contributed by atoms with Gasteiger partial charge in [0.05, 0.1) is 6.54 Å². The van der Waals surface area contributed by atoms with Crippen molar-refractivity contribution < 1.29 is 9.52 Å². The fraction of sp³-hybridized carbons (Fsp3) is 0.636. The van der Waals surface area contributed by atoms with Gasteiger partial charge in [0, 0.05) is 5.25 Å². The number of thioether (sulfide) groups is 1. The van der Waals surface area contributed by atoms with E-state index in [2.05, 4.69) is 18.5 Å². The lowest BCUT2D eigenvalue weighted by Gasteiger charge is -2.07. The molecule has 1 unspecified atom stereocenters. The van der Waals surface area contributed by atoms with Gasteiger partial charge in [0.2, 0.25) is 0 Å². The molecule has 4 heteroatoms. The van der Waals surface area contributed by atoms with E-state index in [1.54, 1.807) is 0 Å². The van der Waals surface area contributed by atoms with Crippen LogP contribution in [0.25, 0.3) is 0 Å². The maximum absolute atomic E-state index is 8.81. The Labute approximate surface area is 95.2 Å². The van der Waals surface area contributed by atoms with E-state index in [0.29, 0.717) is 11.0 Å². The molecule has 1 heterocycles. The van der Waals surface area contributed by atoms with Gasteiger partial charge in [0.1, 0.15) is 18.1 Å². The second kappa shape index (κ2) is 6.93. The zero-order valence-electron chi connectivity index (χ0n) is 9.32. The summed E-state index contributed by atoms with van der Waals surface area (Å²) in [4.78, 5) is 0. The fourth-order valence-corrected chi connectivity index (χ4v) is 1.59. The number of nitrogens with one attached hydrogen (secondary N) is 1. The van der Waals surface area contributed by atoms with Gasteiger partial charge in [-0.15, -0.1) is 0 Å². The molecule has 0 spiro atoms. The first-order valence-corrected chi connectivity index (χ1v) is 6.47. The van der Waals surface area contributed by atoms with Crippen LogP contribution in [0.4, 0.5) is 0 Å². The summed E-state index contributed by atoms with van der Waals surface area (Å²) in [5.41, 5.74) is 0. The Morgan fingerprint density at radius 3 is 2.80 bits per heavy atom. The molecule has 1 aromatic rings. The van der Waals surface area contributed by atoms with Crippen molar-refractivity contribution in [2.24, 2.45) is 0 Å². The van der Waals surface area contributed by atoms with Gasteiger partial charge in [-0.05, 0) is 31.4 Å². The van der Waals surface area contributed by atoms with Crippen molar-refractivity contribution in [3.05, 3.63) is 23.7 Å². The molecule has 2 N–H and O–H groups in total. The summed E-state index contributed by atoms with van der Waals surface area (Å²) in [6, 6.07) is 3.71. The molecule has 0 aromatic carbocycles. The monoisotopic (exact) mass is 229 g/mol. The molecule has 0 saturated heterocycles. The Morgan fingerprint density at radius 1 is 1.47 bits per heavy atom. The minimum Gasteiger partial charge on any atom is -0.462 e. The molecule has 0 saturated carbocycles. The van der Waals surface area contributed by atoms with Crippen LogP contribution in [0.2, 0.25) is 0 Å². The van der Waals surface area contributed by atoms with Gasteiger partial charge in [-0.25, -0.2) is 0 Å². The summed E-state index contributed by atoms with van der Waals surface area (Å²) in [5.74, 6) is 1.51. The second-order valence-electron chi connectivity index (χ2n) is 3.54. The minimum absolute atomic E-state index is 0.0243. The lowest BCUT2D eigenvalue weighted by Crippen LogP contribution is -2.17. The zero-order valence-corrected chi connectivity index (χ0v) is 10.1. The zero-order chi connectivity index (χ0) is 11.1. The number of aliphatic hydroxyl groups excluding tert-OH is 1. The van der Waals surface area contributed by atoms with Gasteiger partial charge in [-0.2, -0.15) is 11.8 Å². The second-order valence-corrected chi connectivity index (χ2v) is 4.81. The average molecular weight is 229 g/mol. The largest absolute Gasteiger partial charge is 0.462 e. The van der Waals surface area contributed by atoms with Gasteiger partial charge in [0.25, 0.3) is 0 Å². The minimum atomic E-state index is -0.0243. The van der Waals surface area contributed by atoms with Crippen LogP contribution in [0.3, 0.4) is 0 Å². The van der Waals surface area contributed by atoms with Crippen LogP contribution in [0.15, 0.2) is 16.5 Å². The van der Waals surface area contributed by atoms with Gasteiger partial charge in [-0.3, -0.25) is 0 Å². The first-order chi connectivity index (χ1) is 7.26. The van der Waals surface area contributed by atoms with Crippen LogP contribution in [-0.2, 0) is 13.2 Å². The highest BCUT2D eigenvalue weighted by Crippen LogP contribution is 2.09. The van der Waals surface area contributed by atoms with Gasteiger partial charge >= 0.3 is 0 Å². The van der Waals surface area contributed by atoms with E-state index in [1.165, 1.54) is 0 Å².